The molecule has 0 amide bonds. The lowest BCUT2D eigenvalue weighted by Gasteiger charge is -2.29. The molecule has 1 N–H and O–H groups in total. The maximum absolute atomic E-state index is 6.04. The van der Waals surface area contributed by atoms with Crippen molar-refractivity contribution in [1.29, 1.82) is 0 Å². The Labute approximate surface area is 126 Å². The van der Waals surface area contributed by atoms with Crippen LogP contribution in [0.25, 0.3) is 0 Å². The Morgan fingerprint density at radius 3 is 3.10 bits per heavy atom. The van der Waals surface area contributed by atoms with Crippen molar-refractivity contribution in [1.82, 2.24) is 5.32 Å². The minimum absolute atomic E-state index is 0.321. The van der Waals surface area contributed by atoms with Crippen molar-refractivity contribution in [2.75, 3.05) is 12.8 Å². The first-order valence-corrected chi connectivity index (χ1v) is 9.05. The van der Waals surface area contributed by atoms with Crippen LogP contribution in [-0.2, 0) is 6.42 Å². The Hall–Kier alpha value is -0.670. The second-order valence-electron chi connectivity index (χ2n) is 6.18. The van der Waals surface area contributed by atoms with Crippen LogP contribution in [0.3, 0.4) is 0 Å². The van der Waals surface area contributed by atoms with E-state index in [-0.39, 0.29) is 0 Å². The summed E-state index contributed by atoms with van der Waals surface area (Å²) in [7, 11) is 0. The first-order chi connectivity index (χ1) is 9.74. The molecule has 0 bridgehead atoms. The molecule has 1 heterocycles. The number of rotatable bonds is 4. The van der Waals surface area contributed by atoms with Crippen LogP contribution in [0.15, 0.2) is 18.2 Å². The average Bonchev–Trinajstić information content (AvgIpc) is 2.87. The molecule has 1 aromatic carbocycles. The number of ether oxygens (including phenoxy) is 1. The van der Waals surface area contributed by atoms with Crippen molar-refractivity contribution in [2.45, 2.75) is 56.4 Å². The fourth-order valence-corrected chi connectivity index (χ4v) is 4.23. The van der Waals surface area contributed by atoms with E-state index in [1.165, 1.54) is 36.8 Å². The molecule has 2 nitrogen and oxygen atoms in total. The van der Waals surface area contributed by atoms with Crippen LogP contribution in [0.2, 0.25) is 0 Å². The quantitative estimate of drug-likeness (QED) is 0.916. The highest BCUT2D eigenvalue weighted by Gasteiger charge is 2.25. The molecule has 110 valence electrons. The van der Waals surface area contributed by atoms with Gasteiger partial charge in [0, 0.05) is 24.3 Å². The number of hydrogen-bond acceptors (Lipinski definition) is 3. The van der Waals surface area contributed by atoms with Crippen molar-refractivity contribution >= 4 is 11.8 Å². The summed E-state index contributed by atoms with van der Waals surface area (Å²) in [6, 6.07) is 7.21. The summed E-state index contributed by atoms with van der Waals surface area (Å²) in [5.74, 6) is 1.09. The predicted molar refractivity (Wildman–Crippen MR) is 86.9 cm³/mol. The lowest BCUT2D eigenvalue weighted by Crippen LogP contribution is -2.40. The van der Waals surface area contributed by atoms with Gasteiger partial charge < -0.3 is 10.1 Å². The monoisotopic (exact) mass is 291 g/mol. The van der Waals surface area contributed by atoms with Gasteiger partial charge in [-0.2, -0.15) is 11.8 Å². The minimum Gasteiger partial charge on any atom is -0.488 e. The zero-order valence-electron chi connectivity index (χ0n) is 12.5. The Morgan fingerprint density at radius 2 is 2.25 bits per heavy atom. The number of fused-ring (bicyclic) bond motifs is 1. The molecule has 3 rings (SSSR count). The van der Waals surface area contributed by atoms with E-state index in [0.29, 0.717) is 12.1 Å². The van der Waals surface area contributed by atoms with Crippen LogP contribution in [0.1, 0.15) is 36.8 Å². The number of benzene rings is 1. The third kappa shape index (κ3) is 3.32. The lowest BCUT2D eigenvalue weighted by atomic mass is 9.95. The topological polar surface area (TPSA) is 21.3 Å². The van der Waals surface area contributed by atoms with E-state index in [1.54, 1.807) is 0 Å². The SMILES string of the molecule is CSC1CCCC(NCC2Cc3cc(C)ccc3O2)C1. The molecular formula is C17H25NOS. The van der Waals surface area contributed by atoms with Crippen molar-refractivity contribution in [3.05, 3.63) is 29.3 Å². The maximum Gasteiger partial charge on any atom is 0.123 e. The summed E-state index contributed by atoms with van der Waals surface area (Å²) in [6.07, 6.45) is 9.03. The number of aryl methyl sites for hydroxylation is 1. The summed E-state index contributed by atoms with van der Waals surface area (Å²) >= 11 is 2.03. The van der Waals surface area contributed by atoms with Gasteiger partial charge in [0.25, 0.3) is 0 Å². The van der Waals surface area contributed by atoms with Gasteiger partial charge in [-0.05, 0) is 44.1 Å². The third-order valence-electron chi connectivity index (χ3n) is 4.55. The molecule has 20 heavy (non-hydrogen) atoms. The summed E-state index contributed by atoms with van der Waals surface area (Å²) in [6.45, 7) is 3.13. The normalized spacial score (nSPS) is 29.0. The molecule has 1 saturated carbocycles. The molecule has 0 saturated heterocycles. The van der Waals surface area contributed by atoms with Crippen molar-refractivity contribution in [3.63, 3.8) is 0 Å². The van der Waals surface area contributed by atoms with Crippen molar-refractivity contribution < 1.29 is 4.74 Å². The largest absolute Gasteiger partial charge is 0.488 e. The molecule has 1 aromatic rings. The van der Waals surface area contributed by atoms with Gasteiger partial charge in [0.15, 0.2) is 0 Å². The Kier molecular flexibility index (Phi) is 4.57. The second kappa shape index (κ2) is 6.40. The molecule has 0 aromatic heterocycles. The first kappa shape index (κ1) is 14.3. The summed E-state index contributed by atoms with van der Waals surface area (Å²) in [5.41, 5.74) is 2.71. The van der Waals surface area contributed by atoms with E-state index in [4.69, 9.17) is 4.74 Å². The highest BCUT2D eigenvalue weighted by Crippen LogP contribution is 2.30. The number of nitrogens with one attached hydrogen (secondary N) is 1. The van der Waals surface area contributed by atoms with Gasteiger partial charge in [0.1, 0.15) is 11.9 Å². The van der Waals surface area contributed by atoms with Crippen molar-refractivity contribution in [2.24, 2.45) is 0 Å². The lowest BCUT2D eigenvalue weighted by molar-refractivity contribution is 0.215. The molecule has 1 fully saturated rings. The van der Waals surface area contributed by atoms with Gasteiger partial charge in [0.2, 0.25) is 0 Å². The molecule has 0 spiro atoms. The van der Waals surface area contributed by atoms with Gasteiger partial charge in [0.05, 0.1) is 0 Å². The first-order valence-electron chi connectivity index (χ1n) is 7.77. The fourth-order valence-electron chi connectivity index (χ4n) is 3.41. The number of hydrogen-bond donors (Lipinski definition) is 1. The molecule has 3 atom stereocenters. The Balaban J connectivity index is 1.49. The highest BCUT2D eigenvalue weighted by atomic mass is 32.2. The molecule has 1 aliphatic carbocycles. The van der Waals surface area contributed by atoms with Gasteiger partial charge in [-0.15, -0.1) is 0 Å². The zero-order chi connectivity index (χ0) is 13.9. The zero-order valence-corrected chi connectivity index (χ0v) is 13.3. The maximum atomic E-state index is 6.04. The molecular weight excluding hydrogens is 266 g/mol. The molecule has 3 heteroatoms. The van der Waals surface area contributed by atoms with Crippen LogP contribution in [0, 0.1) is 6.92 Å². The number of thioether (sulfide) groups is 1. The molecule has 2 aliphatic rings. The van der Waals surface area contributed by atoms with Crippen molar-refractivity contribution in [3.8, 4) is 5.75 Å². The summed E-state index contributed by atoms with van der Waals surface area (Å²) in [4.78, 5) is 0. The standard InChI is InChI=1S/C17H25NOS/c1-12-6-7-17-13(8-12)9-15(19-17)11-18-14-4-3-5-16(10-14)20-2/h6-8,14-16,18H,3-5,9-11H2,1-2H3. The van der Waals surface area contributed by atoms with E-state index >= 15 is 0 Å². The van der Waals surface area contributed by atoms with Gasteiger partial charge in [-0.25, -0.2) is 0 Å². The highest BCUT2D eigenvalue weighted by molar-refractivity contribution is 7.99. The van der Waals surface area contributed by atoms with Gasteiger partial charge >= 0.3 is 0 Å². The second-order valence-corrected chi connectivity index (χ2v) is 7.32. The van der Waals surface area contributed by atoms with E-state index in [0.717, 1.165) is 24.0 Å². The van der Waals surface area contributed by atoms with Crippen LogP contribution in [-0.4, -0.2) is 30.2 Å². The van der Waals surface area contributed by atoms with E-state index in [9.17, 15) is 0 Å². The van der Waals surface area contributed by atoms with Crippen LogP contribution < -0.4 is 10.1 Å². The minimum atomic E-state index is 0.321. The molecule has 3 unspecified atom stereocenters. The Morgan fingerprint density at radius 1 is 1.35 bits per heavy atom. The van der Waals surface area contributed by atoms with Gasteiger partial charge in [-0.3, -0.25) is 0 Å². The Bertz CT molecular complexity index is 462. The van der Waals surface area contributed by atoms with Crippen LogP contribution in [0.4, 0.5) is 0 Å². The summed E-state index contributed by atoms with van der Waals surface area (Å²) in [5, 5.41) is 4.59. The van der Waals surface area contributed by atoms with E-state index < -0.39 is 0 Å². The third-order valence-corrected chi connectivity index (χ3v) is 5.65. The van der Waals surface area contributed by atoms with Gasteiger partial charge in [-0.1, -0.05) is 24.1 Å². The van der Waals surface area contributed by atoms with E-state index in [2.05, 4.69) is 36.7 Å². The fraction of sp³-hybridized carbons (Fsp3) is 0.647. The average molecular weight is 291 g/mol. The molecule has 0 radical (unpaired) electrons. The van der Waals surface area contributed by atoms with E-state index in [1.807, 2.05) is 11.8 Å². The summed E-state index contributed by atoms with van der Waals surface area (Å²) < 4.78 is 6.04. The van der Waals surface area contributed by atoms with Crippen LogP contribution >= 0.6 is 11.8 Å². The smallest absolute Gasteiger partial charge is 0.123 e. The van der Waals surface area contributed by atoms with Crippen LogP contribution in [0.5, 0.6) is 5.75 Å². The predicted octanol–water partition coefficient (Wildman–Crippen LogP) is 3.56. The molecule has 1 aliphatic heterocycles.